The Morgan fingerprint density at radius 2 is 1.07 bits per heavy atom. The summed E-state index contributed by atoms with van der Waals surface area (Å²) in [4.78, 5) is 11.6. The summed E-state index contributed by atoms with van der Waals surface area (Å²) in [6.07, 6.45) is 0. The number of benzene rings is 3. The largest absolute Gasteiger partial charge is 0.481 e. The van der Waals surface area contributed by atoms with Gasteiger partial charge in [0.2, 0.25) is 0 Å². The van der Waals surface area contributed by atoms with Crippen LogP contribution in [0.1, 0.15) is 30.5 Å². The maximum Gasteiger partial charge on any atom is 0.307 e. The van der Waals surface area contributed by atoms with Gasteiger partial charge in [-0.25, -0.2) is 0 Å². The highest BCUT2D eigenvalue weighted by atomic mass is 32.2. The number of hydrogen-bond acceptors (Lipinski definition) is 2. The van der Waals surface area contributed by atoms with Gasteiger partial charge < -0.3 is 5.11 Å². The maximum absolute atomic E-state index is 11.6. The van der Waals surface area contributed by atoms with Crippen molar-refractivity contribution in [3.05, 3.63) is 108 Å². The summed E-state index contributed by atoms with van der Waals surface area (Å²) in [6, 6.07) is 31.1. The third kappa shape index (κ3) is 3.93. The van der Waals surface area contributed by atoms with Crippen molar-refractivity contribution in [2.75, 3.05) is 0 Å². The second-order valence-electron chi connectivity index (χ2n) is 6.73. The summed E-state index contributed by atoms with van der Waals surface area (Å²) >= 11 is 1.71. The third-order valence-corrected chi connectivity index (χ3v) is 6.84. The molecule has 0 bridgehead atoms. The van der Waals surface area contributed by atoms with Gasteiger partial charge in [-0.05, 0) is 16.7 Å². The molecule has 0 saturated heterocycles. The van der Waals surface area contributed by atoms with Gasteiger partial charge in [0.25, 0.3) is 0 Å². The van der Waals surface area contributed by atoms with Crippen LogP contribution in [0, 0.1) is 5.92 Å². The van der Waals surface area contributed by atoms with Crippen LogP contribution in [-0.4, -0.2) is 16.3 Å². The molecule has 3 aromatic carbocycles. The lowest BCUT2D eigenvalue weighted by atomic mass is 9.84. The smallest absolute Gasteiger partial charge is 0.307 e. The molecule has 2 atom stereocenters. The van der Waals surface area contributed by atoms with E-state index in [0.717, 1.165) is 16.7 Å². The lowest BCUT2D eigenvalue weighted by Crippen LogP contribution is -2.31. The lowest BCUT2D eigenvalue weighted by molar-refractivity contribution is -0.140. The van der Waals surface area contributed by atoms with Crippen LogP contribution in [0.25, 0.3) is 0 Å². The van der Waals surface area contributed by atoms with Crippen molar-refractivity contribution in [3.8, 4) is 0 Å². The van der Waals surface area contributed by atoms with Crippen molar-refractivity contribution >= 4 is 17.7 Å². The summed E-state index contributed by atoms with van der Waals surface area (Å²) in [6.45, 7) is 3.79. The number of carboxylic acids is 1. The monoisotopic (exact) mass is 376 g/mol. The van der Waals surface area contributed by atoms with E-state index < -0.39 is 16.6 Å². The lowest BCUT2D eigenvalue weighted by Gasteiger charge is -2.38. The molecular formula is C24H24O2S. The summed E-state index contributed by atoms with van der Waals surface area (Å²) in [5, 5.41) is 9.47. The fourth-order valence-electron chi connectivity index (χ4n) is 3.30. The van der Waals surface area contributed by atoms with Crippen LogP contribution in [0.4, 0.5) is 0 Å². The standard InChI is InChI=1S/C24H24O2S/c1-18(23(25)26)19(2)27-24(20-12-6-3-7-13-20,21-14-8-4-9-15-21)22-16-10-5-11-17-22/h3-19H,1-2H3,(H,25,26). The Balaban J connectivity index is 2.24. The second kappa shape index (κ2) is 8.45. The zero-order chi connectivity index (χ0) is 19.3. The molecule has 0 saturated carbocycles. The number of thioether (sulfide) groups is 1. The molecule has 0 aliphatic heterocycles. The van der Waals surface area contributed by atoms with Crippen LogP contribution in [0.15, 0.2) is 91.0 Å². The van der Waals surface area contributed by atoms with Crippen molar-refractivity contribution in [3.63, 3.8) is 0 Å². The molecule has 0 fully saturated rings. The van der Waals surface area contributed by atoms with Crippen LogP contribution >= 0.6 is 11.8 Å². The molecule has 3 rings (SSSR count). The van der Waals surface area contributed by atoms with Gasteiger partial charge in [0.05, 0.1) is 10.7 Å². The maximum atomic E-state index is 11.6. The van der Waals surface area contributed by atoms with Gasteiger partial charge in [0.1, 0.15) is 0 Å². The highest BCUT2D eigenvalue weighted by molar-refractivity contribution is 8.01. The van der Waals surface area contributed by atoms with Gasteiger partial charge in [-0.15, -0.1) is 11.8 Å². The Morgan fingerprint density at radius 3 is 1.37 bits per heavy atom. The van der Waals surface area contributed by atoms with Gasteiger partial charge in [0.15, 0.2) is 0 Å². The van der Waals surface area contributed by atoms with E-state index >= 15 is 0 Å². The molecule has 3 aromatic rings. The quantitative estimate of drug-likeness (QED) is 0.528. The second-order valence-corrected chi connectivity index (χ2v) is 8.32. The summed E-state index contributed by atoms with van der Waals surface area (Å²) in [5.74, 6) is -1.22. The fraction of sp³-hybridized carbons (Fsp3) is 0.208. The first-order chi connectivity index (χ1) is 13.1. The summed E-state index contributed by atoms with van der Waals surface area (Å²) in [7, 11) is 0. The number of rotatable bonds is 7. The Labute approximate surface area is 165 Å². The van der Waals surface area contributed by atoms with E-state index in [1.807, 2.05) is 61.5 Å². The van der Waals surface area contributed by atoms with Gasteiger partial charge >= 0.3 is 5.97 Å². The van der Waals surface area contributed by atoms with E-state index in [0.29, 0.717) is 0 Å². The molecule has 0 aliphatic carbocycles. The molecular weight excluding hydrogens is 352 g/mol. The van der Waals surface area contributed by atoms with E-state index in [-0.39, 0.29) is 5.25 Å². The van der Waals surface area contributed by atoms with Crippen molar-refractivity contribution in [2.24, 2.45) is 5.92 Å². The average molecular weight is 377 g/mol. The van der Waals surface area contributed by atoms with Crippen molar-refractivity contribution in [1.82, 2.24) is 0 Å². The molecule has 2 unspecified atom stereocenters. The molecule has 27 heavy (non-hydrogen) atoms. The highest BCUT2D eigenvalue weighted by Gasteiger charge is 2.40. The van der Waals surface area contributed by atoms with E-state index in [1.165, 1.54) is 0 Å². The van der Waals surface area contributed by atoms with Crippen LogP contribution in [0.3, 0.4) is 0 Å². The van der Waals surface area contributed by atoms with Crippen LogP contribution in [0.5, 0.6) is 0 Å². The molecule has 0 heterocycles. The minimum absolute atomic E-state index is 0.0804. The molecule has 0 aliphatic rings. The van der Waals surface area contributed by atoms with Crippen LogP contribution < -0.4 is 0 Å². The number of hydrogen-bond donors (Lipinski definition) is 1. The van der Waals surface area contributed by atoms with Crippen LogP contribution in [-0.2, 0) is 9.54 Å². The Morgan fingerprint density at radius 1 is 0.741 bits per heavy atom. The van der Waals surface area contributed by atoms with Gasteiger partial charge in [-0.3, -0.25) is 4.79 Å². The molecule has 3 heteroatoms. The first kappa shape index (κ1) is 19.2. The molecule has 2 nitrogen and oxygen atoms in total. The first-order valence-corrected chi connectivity index (χ1v) is 10.0. The summed E-state index contributed by atoms with van der Waals surface area (Å²) < 4.78 is -0.479. The highest BCUT2D eigenvalue weighted by Crippen LogP contribution is 2.51. The number of carbonyl (C=O) groups is 1. The van der Waals surface area contributed by atoms with Crippen molar-refractivity contribution < 1.29 is 9.90 Å². The Bertz CT molecular complexity index is 766. The topological polar surface area (TPSA) is 37.3 Å². The minimum atomic E-state index is -0.766. The molecule has 0 radical (unpaired) electrons. The first-order valence-electron chi connectivity index (χ1n) is 9.13. The third-order valence-electron chi connectivity index (χ3n) is 5.00. The number of carboxylic acid groups (broad SMARTS) is 1. The molecule has 0 aromatic heterocycles. The minimum Gasteiger partial charge on any atom is -0.481 e. The average Bonchev–Trinajstić information content (AvgIpc) is 2.73. The molecule has 0 amide bonds. The van der Waals surface area contributed by atoms with Crippen molar-refractivity contribution in [1.29, 1.82) is 0 Å². The zero-order valence-corrected chi connectivity index (χ0v) is 16.4. The van der Waals surface area contributed by atoms with Crippen molar-refractivity contribution in [2.45, 2.75) is 23.8 Å². The van der Waals surface area contributed by atoms with Gasteiger partial charge in [-0.2, -0.15) is 0 Å². The van der Waals surface area contributed by atoms with E-state index in [1.54, 1.807) is 18.7 Å². The fourth-order valence-corrected chi connectivity index (χ4v) is 5.00. The predicted molar refractivity (Wildman–Crippen MR) is 113 cm³/mol. The normalized spacial score (nSPS) is 13.7. The van der Waals surface area contributed by atoms with Crippen LogP contribution in [0.2, 0.25) is 0 Å². The Kier molecular flexibility index (Phi) is 6.02. The Hall–Kier alpha value is -2.52. The SMILES string of the molecule is CC(SC(c1ccccc1)(c1ccccc1)c1ccccc1)C(C)C(=O)O. The predicted octanol–water partition coefficient (Wildman–Crippen LogP) is 5.82. The van der Waals surface area contributed by atoms with E-state index in [2.05, 4.69) is 36.4 Å². The van der Waals surface area contributed by atoms with E-state index in [4.69, 9.17) is 0 Å². The summed E-state index contributed by atoms with van der Waals surface area (Å²) in [5.41, 5.74) is 3.45. The molecule has 138 valence electrons. The van der Waals surface area contributed by atoms with Gasteiger partial charge in [-0.1, -0.05) is 105 Å². The zero-order valence-electron chi connectivity index (χ0n) is 15.6. The molecule has 1 N–H and O–H groups in total. The van der Waals surface area contributed by atoms with E-state index in [9.17, 15) is 9.90 Å². The van der Waals surface area contributed by atoms with Gasteiger partial charge in [0, 0.05) is 5.25 Å². The molecule has 0 spiro atoms. The number of aliphatic carboxylic acids is 1.